The summed E-state index contributed by atoms with van der Waals surface area (Å²) in [6.45, 7) is 8.20. The quantitative estimate of drug-likeness (QED) is 0.515. The average Bonchev–Trinajstić information content (AvgIpc) is 3.04. The van der Waals surface area contributed by atoms with Crippen LogP contribution in [-0.4, -0.2) is 29.9 Å². The van der Waals surface area contributed by atoms with Crippen molar-refractivity contribution in [2.24, 2.45) is 0 Å². The molecule has 2 unspecified atom stereocenters. The van der Waals surface area contributed by atoms with Crippen LogP contribution < -0.4 is 4.74 Å². The molecule has 1 aromatic carbocycles. The largest absolute Gasteiger partial charge is 0.487 e. The van der Waals surface area contributed by atoms with Gasteiger partial charge >= 0.3 is 5.97 Å². The van der Waals surface area contributed by atoms with Crippen molar-refractivity contribution in [2.75, 3.05) is 7.11 Å². The zero-order valence-electron chi connectivity index (χ0n) is 17.2. The number of aliphatic hydroxyl groups is 1. The highest BCUT2D eigenvalue weighted by Crippen LogP contribution is 2.35. The molecule has 0 aromatic heterocycles. The molecule has 0 spiro atoms. The van der Waals surface area contributed by atoms with Gasteiger partial charge in [-0.05, 0) is 77.1 Å². The third-order valence-corrected chi connectivity index (χ3v) is 5.08. The summed E-state index contributed by atoms with van der Waals surface area (Å²) in [5.41, 5.74) is 3.22. The number of carbonyl (C=O) groups is 1. The summed E-state index contributed by atoms with van der Waals surface area (Å²) in [5.74, 6) is 0.378. The average molecular weight is 373 g/mol. The second kappa shape index (κ2) is 9.23. The minimum Gasteiger partial charge on any atom is -0.487 e. The molecule has 0 fully saturated rings. The summed E-state index contributed by atoms with van der Waals surface area (Å²) < 4.78 is 10.7. The fourth-order valence-electron chi connectivity index (χ4n) is 3.30. The Morgan fingerprint density at radius 1 is 1.30 bits per heavy atom. The van der Waals surface area contributed by atoms with Crippen molar-refractivity contribution in [3.05, 3.63) is 52.6 Å². The lowest BCUT2D eigenvalue weighted by Gasteiger charge is -2.29. The maximum absolute atomic E-state index is 11.7. The molecule has 0 radical (unpaired) electrons. The number of hydrogen-bond donors (Lipinski definition) is 1. The summed E-state index contributed by atoms with van der Waals surface area (Å²) in [6.07, 6.45) is 8.31. The van der Waals surface area contributed by atoms with Crippen LogP contribution in [-0.2, 0) is 11.2 Å². The number of rotatable bonds is 8. The minimum absolute atomic E-state index is 0.306. The predicted octanol–water partition coefficient (Wildman–Crippen LogP) is 5.00. The van der Waals surface area contributed by atoms with E-state index in [1.807, 2.05) is 6.92 Å². The van der Waals surface area contributed by atoms with Gasteiger partial charge in [-0.1, -0.05) is 23.3 Å². The van der Waals surface area contributed by atoms with E-state index in [-0.39, 0.29) is 12.1 Å². The summed E-state index contributed by atoms with van der Waals surface area (Å²) >= 11 is 0. The van der Waals surface area contributed by atoms with Gasteiger partial charge in [0, 0.05) is 6.42 Å². The normalized spacial score (nSPS) is 18.3. The number of fused-ring (bicyclic) bond motifs is 1. The van der Waals surface area contributed by atoms with Gasteiger partial charge in [0.1, 0.15) is 11.9 Å². The molecule has 1 heterocycles. The van der Waals surface area contributed by atoms with Crippen LogP contribution in [0.1, 0.15) is 69.3 Å². The van der Waals surface area contributed by atoms with Crippen molar-refractivity contribution < 1.29 is 19.4 Å². The molecule has 2 atom stereocenters. The first kappa shape index (κ1) is 21.2. The molecule has 0 bridgehead atoms. The maximum atomic E-state index is 11.7. The Morgan fingerprint density at radius 2 is 2.04 bits per heavy atom. The van der Waals surface area contributed by atoms with Gasteiger partial charge in [-0.15, -0.1) is 0 Å². The zero-order chi connectivity index (χ0) is 20.0. The van der Waals surface area contributed by atoms with E-state index < -0.39 is 5.60 Å². The lowest BCUT2D eigenvalue weighted by molar-refractivity contribution is -0.0433. The molecule has 1 aromatic rings. The van der Waals surface area contributed by atoms with Crippen LogP contribution in [0.5, 0.6) is 5.75 Å². The Morgan fingerprint density at radius 3 is 2.70 bits per heavy atom. The molecule has 4 heteroatoms. The SMILES string of the molecule is COC(=O)c1ccc2c(c1)CC(C(C)(O)CC/C=C(\C)CCC=C(C)C)O2. The molecular formula is C23H32O4. The van der Waals surface area contributed by atoms with Crippen LogP contribution in [0.15, 0.2) is 41.5 Å². The second-order valence-electron chi connectivity index (χ2n) is 7.89. The van der Waals surface area contributed by atoms with Gasteiger partial charge in [0.15, 0.2) is 0 Å². The van der Waals surface area contributed by atoms with Crippen LogP contribution in [0.2, 0.25) is 0 Å². The van der Waals surface area contributed by atoms with Crippen molar-refractivity contribution in [3.63, 3.8) is 0 Å². The summed E-state index contributed by atoms with van der Waals surface area (Å²) in [7, 11) is 1.37. The van der Waals surface area contributed by atoms with Gasteiger partial charge in [-0.25, -0.2) is 4.79 Å². The van der Waals surface area contributed by atoms with Crippen molar-refractivity contribution in [1.29, 1.82) is 0 Å². The maximum Gasteiger partial charge on any atom is 0.337 e. The van der Waals surface area contributed by atoms with E-state index in [1.54, 1.807) is 18.2 Å². The summed E-state index contributed by atoms with van der Waals surface area (Å²) in [4.78, 5) is 11.7. The number of allylic oxidation sites excluding steroid dienone is 4. The molecule has 148 valence electrons. The molecule has 2 rings (SSSR count). The van der Waals surface area contributed by atoms with E-state index in [0.29, 0.717) is 18.4 Å². The van der Waals surface area contributed by atoms with Gasteiger partial charge in [-0.3, -0.25) is 0 Å². The standard InChI is InChI=1S/C23H32O4/c1-16(2)8-6-9-17(3)10-7-13-23(4,25)21-15-19-14-18(22(24)26-5)11-12-20(19)27-21/h8,10-12,14,21,25H,6-7,9,13,15H2,1-5H3/b17-10+. The first-order valence-electron chi connectivity index (χ1n) is 9.62. The van der Waals surface area contributed by atoms with Gasteiger partial charge in [0.05, 0.1) is 18.3 Å². The number of carbonyl (C=O) groups excluding carboxylic acids is 1. The van der Waals surface area contributed by atoms with Crippen LogP contribution in [0, 0.1) is 0 Å². The summed E-state index contributed by atoms with van der Waals surface area (Å²) in [5, 5.41) is 10.9. The third-order valence-electron chi connectivity index (χ3n) is 5.08. The van der Waals surface area contributed by atoms with Crippen LogP contribution >= 0.6 is 0 Å². The first-order valence-corrected chi connectivity index (χ1v) is 9.62. The van der Waals surface area contributed by atoms with Crippen LogP contribution in [0.4, 0.5) is 0 Å². The smallest absolute Gasteiger partial charge is 0.337 e. The van der Waals surface area contributed by atoms with Crippen LogP contribution in [0.3, 0.4) is 0 Å². The lowest BCUT2D eigenvalue weighted by Crippen LogP contribution is -2.42. The molecular weight excluding hydrogens is 340 g/mol. The molecule has 1 aliphatic heterocycles. The fraction of sp³-hybridized carbons (Fsp3) is 0.522. The van der Waals surface area contributed by atoms with Gasteiger partial charge in [-0.2, -0.15) is 0 Å². The Hall–Kier alpha value is -2.07. The molecule has 27 heavy (non-hydrogen) atoms. The van der Waals surface area contributed by atoms with E-state index in [4.69, 9.17) is 9.47 Å². The molecule has 0 saturated heterocycles. The second-order valence-corrected chi connectivity index (χ2v) is 7.89. The number of benzene rings is 1. The van der Waals surface area contributed by atoms with Crippen molar-refractivity contribution in [1.82, 2.24) is 0 Å². The van der Waals surface area contributed by atoms with E-state index in [2.05, 4.69) is 32.9 Å². The fourth-order valence-corrected chi connectivity index (χ4v) is 3.30. The van der Waals surface area contributed by atoms with E-state index in [1.165, 1.54) is 18.3 Å². The molecule has 0 saturated carbocycles. The van der Waals surface area contributed by atoms with E-state index in [9.17, 15) is 9.90 Å². The Balaban J connectivity index is 1.91. The van der Waals surface area contributed by atoms with Crippen molar-refractivity contribution in [2.45, 2.75) is 71.5 Å². The molecule has 0 amide bonds. The highest BCUT2D eigenvalue weighted by atomic mass is 16.5. The number of hydrogen-bond acceptors (Lipinski definition) is 4. The number of methoxy groups -OCH3 is 1. The minimum atomic E-state index is -0.929. The van der Waals surface area contributed by atoms with Crippen LogP contribution in [0.25, 0.3) is 0 Å². The molecule has 4 nitrogen and oxygen atoms in total. The Kier molecular flexibility index (Phi) is 7.25. The van der Waals surface area contributed by atoms with Gasteiger partial charge in [0.25, 0.3) is 0 Å². The highest BCUT2D eigenvalue weighted by Gasteiger charge is 2.38. The van der Waals surface area contributed by atoms with Gasteiger partial charge < -0.3 is 14.6 Å². The Bertz CT molecular complexity index is 724. The van der Waals surface area contributed by atoms with E-state index in [0.717, 1.165) is 30.6 Å². The van der Waals surface area contributed by atoms with Crippen molar-refractivity contribution in [3.8, 4) is 5.75 Å². The first-order chi connectivity index (χ1) is 12.7. The number of esters is 1. The molecule has 1 N–H and O–H groups in total. The molecule has 0 aliphatic carbocycles. The Labute approximate surface area is 162 Å². The lowest BCUT2D eigenvalue weighted by atomic mass is 9.90. The molecule has 1 aliphatic rings. The van der Waals surface area contributed by atoms with Gasteiger partial charge in [0.2, 0.25) is 0 Å². The van der Waals surface area contributed by atoms with Crippen molar-refractivity contribution >= 4 is 5.97 Å². The summed E-state index contributed by atoms with van der Waals surface area (Å²) in [6, 6.07) is 5.27. The highest BCUT2D eigenvalue weighted by molar-refractivity contribution is 5.89. The monoisotopic (exact) mass is 372 g/mol. The zero-order valence-corrected chi connectivity index (χ0v) is 17.2. The third kappa shape index (κ3) is 5.96. The topological polar surface area (TPSA) is 55.8 Å². The predicted molar refractivity (Wildman–Crippen MR) is 108 cm³/mol. The van der Waals surface area contributed by atoms with E-state index >= 15 is 0 Å². The number of ether oxygens (including phenoxy) is 2.